The van der Waals surface area contributed by atoms with Gasteiger partial charge < -0.3 is 14.6 Å². The van der Waals surface area contributed by atoms with Gasteiger partial charge in [0.05, 0.1) is 22.9 Å². The molecule has 8 nitrogen and oxygen atoms in total. The van der Waals surface area contributed by atoms with Crippen LogP contribution in [-0.4, -0.2) is 49.8 Å². The number of pyridine rings is 1. The molecule has 35 heavy (non-hydrogen) atoms. The number of aryl methyl sites for hydroxylation is 1. The summed E-state index contributed by atoms with van der Waals surface area (Å²) in [6, 6.07) is 12.8. The van der Waals surface area contributed by atoms with Gasteiger partial charge in [-0.1, -0.05) is 6.42 Å². The Labute approximate surface area is 206 Å². The van der Waals surface area contributed by atoms with Gasteiger partial charge in [0.2, 0.25) is 15.9 Å². The molecule has 3 aromatic rings. The predicted octanol–water partition coefficient (Wildman–Crippen LogP) is 3.84. The van der Waals surface area contributed by atoms with Crippen LogP contribution in [0, 0.1) is 12.8 Å². The fourth-order valence-electron chi connectivity index (χ4n) is 4.98. The molecule has 2 aliphatic heterocycles. The molecule has 0 unspecified atom stereocenters. The first-order valence-corrected chi connectivity index (χ1v) is 13.8. The molecule has 1 amide bonds. The Bertz CT molecular complexity index is 1310. The second-order valence-corrected chi connectivity index (χ2v) is 11.4. The molecule has 1 atom stereocenters. The third kappa shape index (κ3) is 5.21. The molecular weight excluding hydrogens is 464 g/mol. The van der Waals surface area contributed by atoms with E-state index in [1.807, 2.05) is 31.2 Å². The quantitative estimate of drug-likeness (QED) is 0.557. The maximum Gasteiger partial charge on any atom is 0.243 e. The van der Waals surface area contributed by atoms with E-state index < -0.39 is 10.0 Å². The fraction of sp³-hybridized carbons (Fsp3) is 0.462. The summed E-state index contributed by atoms with van der Waals surface area (Å²) in [5, 5.41) is 3.79. The first-order valence-electron chi connectivity index (χ1n) is 12.4. The van der Waals surface area contributed by atoms with E-state index in [2.05, 4.69) is 10.2 Å². The minimum atomic E-state index is -3.48. The van der Waals surface area contributed by atoms with Crippen molar-refractivity contribution >= 4 is 32.7 Å². The number of rotatable bonds is 6. The smallest absolute Gasteiger partial charge is 0.243 e. The Morgan fingerprint density at radius 3 is 2.66 bits per heavy atom. The van der Waals surface area contributed by atoms with E-state index in [1.165, 1.54) is 0 Å². The monoisotopic (exact) mass is 496 g/mol. The minimum absolute atomic E-state index is 0.0251. The van der Waals surface area contributed by atoms with Gasteiger partial charge in [-0.25, -0.2) is 13.4 Å². The number of nitrogens with zero attached hydrogens (tertiary/aromatic N) is 3. The number of amides is 1. The maximum atomic E-state index is 13.0. The Morgan fingerprint density at radius 2 is 1.89 bits per heavy atom. The first-order chi connectivity index (χ1) is 16.9. The average molecular weight is 497 g/mol. The molecular formula is C26H32N4O4S. The highest BCUT2D eigenvalue weighted by atomic mass is 32.2. The van der Waals surface area contributed by atoms with Crippen LogP contribution < -0.4 is 10.2 Å². The van der Waals surface area contributed by atoms with Crippen molar-refractivity contribution in [2.45, 2.75) is 50.5 Å². The molecule has 4 heterocycles. The third-order valence-corrected chi connectivity index (χ3v) is 8.84. The zero-order valence-electron chi connectivity index (χ0n) is 20.1. The summed E-state index contributed by atoms with van der Waals surface area (Å²) in [5.41, 5.74) is 0.750. The van der Waals surface area contributed by atoms with Crippen LogP contribution in [0.25, 0.3) is 10.9 Å². The zero-order chi connectivity index (χ0) is 24.4. The number of benzene rings is 1. The van der Waals surface area contributed by atoms with E-state index in [-0.39, 0.29) is 11.8 Å². The van der Waals surface area contributed by atoms with Crippen LogP contribution in [-0.2, 0) is 21.4 Å². The van der Waals surface area contributed by atoms with Crippen LogP contribution in [0.3, 0.4) is 0 Å². The van der Waals surface area contributed by atoms with E-state index in [4.69, 9.17) is 9.40 Å². The standard InChI is InChI=1S/C26H32N4O4S/c1-19-7-9-22(34-19)17-27-26(31)21-6-5-13-29(18-21)25-12-8-20-16-23(10-11-24(20)28-25)35(32,33)30-14-3-2-4-15-30/h7-12,16,21H,2-6,13-15,17-18H2,1H3,(H,27,31)/t21-/m0/s1. The first kappa shape index (κ1) is 23.8. The van der Waals surface area contributed by atoms with Crippen LogP contribution in [0.15, 0.2) is 51.8 Å². The summed E-state index contributed by atoms with van der Waals surface area (Å²) < 4.78 is 33.2. The number of hydrogen-bond donors (Lipinski definition) is 1. The highest BCUT2D eigenvalue weighted by molar-refractivity contribution is 7.89. The highest BCUT2D eigenvalue weighted by Crippen LogP contribution is 2.27. The second kappa shape index (κ2) is 9.99. The molecule has 2 fully saturated rings. The van der Waals surface area contributed by atoms with E-state index >= 15 is 0 Å². The number of carbonyl (C=O) groups excluding carboxylic acids is 1. The van der Waals surface area contributed by atoms with E-state index in [0.29, 0.717) is 31.1 Å². The van der Waals surface area contributed by atoms with Crippen LogP contribution in [0.5, 0.6) is 0 Å². The molecule has 9 heteroatoms. The summed E-state index contributed by atoms with van der Waals surface area (Å²) in [5.74, 6) is 2.30. The van der Waals surface area contributed by atoms with Crippen LogP contribution >= 0.6 is 0 Å². The molecule has 1 aromatic carbocycles. The molecule has 5 rings (SSSR count). The summed E-state index contributed by atoms with van der Waals surface area (Å²) in [6.07, 6.45) is 4.65. The number of anilines is 1. The highest BCUT2D eigenvalue weighted by Gasteiger charge is 2.28. The number of sulfonamides is 1. The minimum Gasteiger partial charge on any atom is -0.465 e. The number of fused-ring (bicyclic) bond motifs is 1. The summed E-state index contributed by atoms with van der Waals surface area (Å²) in [4.78, 5) is 20.0. The van der Waals surface area contributed by atoms with E-state index in [1.54, 1.807) is 22.5 Å². The molecule has 2 aromatic heterocycles. The Hall–Kier alpha value is -2.91. The molecule has 0 saturated carbocycles. The van der Waals surface area contributed by atoms with Crippen molar-refractivity contribution in [3.63, 3.8) is 0 Å². The van der Waals surface area contributed by atoms with Crippen molar-refractivity contribution in [2.24, 2.45) is 5.92 Å². The number of piperidine rings is 2. The van der Waals surface area contributed by atoms with Gasteiger partial charge in [0.1, 0.15) is 17.3 Å². The third-order valence-electron chi connectivity index (χ3n) is 6.95. The summed E-state index contributed by atoms with van der Waals surface area (Å²) in [7, 11) is -3.48. The molecule has 0 radical (unpaired) electrons. The van der Waals surface area contributed by atoms with Crippen LogP contribution in [0.2, 0.25) is 0 Å². The number of furan rings is 1. The number of carbonyl (C=O) groups is 1. The maximum absolute atomic E-state index is 13.0. The zero-order valence-corrected chi connectivity index (χ0v) is 20.9. The lowest BCUT2D eigenvalue weighted by Gasteiger charge is -2.33. The van der Waals surface area contributed by atoms with Crippen molar-refractivity contribution in [3.05, 3.63) is 54.0 Å². The molecule has 2 aliphatic rings. The lowest BCUT2D eigenvalue weighted by atomic mass is 9.97. The molecule has 2 saturated heterocycles. The van der Waals surface area contributed by atoms with Gasteiger partial charge in [-0.05, 0) is 75.1 Å². The molecule has 186 valence electrons. The molecule has 0 aliphatic carbocycles. The summed E-state index contributed by atoms with van der Waals surface area (Å²) >= 11 is 0. The second-order valence-electron chi connectivity index (χ2n) is 9.50. The van der Waals surface area contributed by atoms with Gasteiger partial charge in [0.15, 0.2) is 0 Å². The number of nitrogens with one attached hydrogen (secondary N) is 1. The Balaban J connectivity index is 1.27. The van der Waals surface area contributed by atoms with Gasteiger partial charge >= 0.3 is 0 Å². The van der Waals surface area contributed by atoms with Gasteiger partial charge in [0, 0.05) is 31.6 Å². The van der Waals surface area contributed by atoms with Crippen molar-refractivity contribution in [1.29, 1.82) is 0 Å². The predicted molar refractivity (Wildman–Crippen MR) is 135 cm³/mol. The topological polar surface area (TPSA) is 95.8 Å². The van der Waals surface area contributed by atoms with Crippen molar-refractivity contribution in [1.82, 2.24) is 14.6 Å². The van der Waals surface area contributed by atoms with Crippen molar-refractivity contribution < 1.29 is 17.6 Å². The molecule has 1 N–H and O–H groups in total. The largest absolute Gasteiger partial charge is 0.465 e. The lowest BCUT2D eigenvalue weighted by Crippen LogP contribution is -2.43. The van der Waals surface area contributed by atoms with E-state index in [9.17, 15) is 13.2 Å². The fourth-order valence-corrected chi connectivity index (χ4v) is 6.53. The molecule has 0 bridgehead atoms. The Kier molecular flexibility index (Phi) is 6.80. The lowest BCUT2D eigenvalue weighted by molar-refractivity contribution is -0.125. The number of hydrogen-bond acceptors (Lipinski definition) is 6. The van der Waals surface area contributed by atoms with Crippen LogP contribution in [0.4, 0.5) is 5.82 Å². The van der Waals surface area contributed by atoms with Gasteiger partial charge in [-0.15, -0.1) is 0 Å². The van der Waals surface area contributed by atoms with Gasteiger partial charge in [0.25, 0.3) is 0 Å². The van der Waals surface area contributed by atoms with Crippen molar-refractivity contribution in [2.75, 3.05) is 31.1 Å². The van der Waals surface area contributed by atoms with Crippen LogP contribution in [0.1, 0.15) is 43.6 Å². The SMILES string of the molecule is Cc1ccc(CNC(=O)[C@H]2CCCN(c3ccc4cc(S(=O)(=O)N5CCCCC5)ccc4n3)C2)o1. The number of aromatic nitrogens is 1. The van der Waals surface area contributed by atoms with Gasteiger partial charge in [-0.2, -0.15) is 4.31 Å². The Morgan fingerprint density at radius 1 is 1.06 bits per heavy atom. The average Bonchev–Trinajstić information content (AvgIpc) is 3.32. The van der Waals surface area contributed by atoms with Crippen molar-refractivity contribution in [3.8, 4) is 0 Å². The normalized spacial score (nSPS) is 19.7. The molecule has 0 spiro atoms. The van der Waals surface area contributed by atoms with Gasteiger partial charge in [-0.3, -0.25) is 4.79 Å². The van der Waals surface area contributed by atoms with E-state index in [0.717, 1.165) is 66.9 Å². The summed E-state index contributed by atoms with van der Waals surface area (Å²) in [6.45, 7) is 4.88.